The molecule has 0 amide bonds. The first-order valence-electron chi connectivity index (χ1n) is 4.45. The summed E-state index contributed by atoms with van der Waals surface area (Å²) in [5, 5.41) is 8.79. The van der Waals surface area contributed by atoms with Gasteiger partial charge in [-0.25, -0.2) is 0 Å². The lowest BCUT2D eigenvalue weighted by Gasteiger charge is -2.16. The summed E-state index contributed by atoms with van der Waals surface area (Å²) in [5.74, 6) is -1.64. The maximum absolute atomic E-state index is 11.5. The van der Waals surface area contributed by atoms with Crippen molar-refractivity contribution in [1.82, 2.24) is 0 Å². The third-order valence-corrected chi connectivity index (χ3v) is 2.00. The van der Waals surface area contributed by atoms with E-state index in [0.29, 0.717) is 5.75 Å². The third-order valence-electron chi connectivity index (χ3n) is 2.00. The maximum Gasteiger partial charge on any atom is 0.328 e. The number of para-hydroxylation sites is 1. The van der Waals surface area contributed by atoms with Gasteiger partial charge in [0.05, 0.1) is 0 Å². The monoisotopic (exact) mass is 208 g/mol. The van der Waals surface area contributed by atoms with Crippen LogP contribution in [0.5, 0.6) is 5.75 Å². The van der Waals surface area contributed by atoms with Crippen LogP contribution in [-0.2, 0) is 9.59 Å². The molecule has 0 saturated carbocycles. The molecule has 80 valence electrons. The number of aliphatic carboxylic acids is 1. The largest absolute Gasteiger partial charge is 0.480 e. The van der Waals surface area contributed by atoms with E-state index in [4.69, 9.17) is 9.84 Å². The fourth-order valence-corrected chi connectivity index (χ4v) is 0.810. The van der Waals surface area contributed by atoms with Gasteiger partial charge in [0.2, 0.25) is 0 Å². The number of carboxylic acids is 1. The van der Waals surface area contributed by atoms with Gasteiger partial charge in [-0.3, -0.25) is 9.59 Å². The van der Waals surface area contributed by atoms with Crippen molar-refractivity contribution in [3.05, 3.63) is 30.3 Å². The van der Waals surface area contributed by atoms with Gasteiger partial charge >= 0.3 is 11.9 Å². The summed E-state index contributed by atoms with van der Waals surface area (Å²) in [6, 6.07) is 8.37. The number of esters is 1. The molecule has 4 heteroatoms. The Labute approximate surface area is 87.5 Å². The minimum atomic E-state index is -1.53. The van der Waals surface area contributed by atoms with Crippen molar-refractivity contribution >= 4 is 11.9 Å². The fourth-order valence-electron chi connectivity index (χ4n) is 0.810. The predicted octanol–water partition coefficient (Wildman–Crippen LogP) is 1.70. The molecular weight excluding hydrogens is 196 g/mol. The minimum absolute atomic E-state index is 0.344. The number of hydrogen-bond acceptors (Lipinski definition) is 3. The lowest BCUT2D eigenvalue weighted by atomic mass is 9.94. The van der Waals surface area contributed by atoms with Crippen LogP contribution in [0.2, 0.25) is 0 Å². The number of carbonyl (C=O) groups is 2. The SMILES string of the molecule is CC(C)(C(=O)O)C(=O)Oc1ccccc1. The van der Waals surface area contributed by atoms with Crippen molar-refractivity contribution in [3.8, 4) is 5.75 Å². The summed E-state index contributed by atoms with van der Waals surface area (Å²) >= 11 is 0. The minimum Gasteiger partial charge on any atom is -0.480 e. The summed E-state index contributed by atoms with van der Waals surface area (Å²) in [7, 11) is 0. The number of rotatable bonds is 3. The highest BCUT2D eigenvalue weighted by Crippen LogP contribution is 2.20. The molecule has 4 nitrogen and oxygen atoms in total. The van der Waals surface area contributed by atoms with Gasteiger partial charge in [0.25, 0.3) is 0 Å². The van der Waals surface area contributed by atoms with Crippen LogP contribution in [0.15, 0.2) is 30.3 Å². The Hall–Kier alpha value is -1.84. The predicted molar refractivity (Wildman–Crippen MR) is 53.5 cm³/mol. The van der Waals surface area contributed by atoms with Gasteiger partial charge in [0.1, 0.15) is 5.75 Å². The van der Waals surface area contributed by atoms with E-state index in [0.717, 1.165) is 0 Å². The molecule has 0 aliphatic rings. The van der Waals surface area contributed by atoms with E-state index in [1.165, 1.54) is 13.8 Å². The molecule has 0 aliphatic heterocycles. The van der Waals surface area contributed by atoms with Crippen LogP contribution in [0.4, 0.5) is 0 Å². The van der Waals surface area contributed by atoms with Gasteiger partial charge in [-0.05, 0) is 26.0 Å². The summed E-state index contributed by atoms with van der Waals surface area (Å²) in [6.07, 6.45) is 0. The number of ether oxygens (including phenoxy) is 1. The summed E-state index contributed by atoms with van der Waals surface area (Å²) in [5.41, 5.74) is -1.53. The molecule has 0 fully saturated rings. The zero-order chi connectivity index (χ0) is 11.5. The average molecular weight is 208 g/mol. The Balaban J connectivity index is 2.77. The zero-order valence-corrected chi connectivity index (χ0v) is 8.56. The van der Waals surface area contributed by atoms with Gasteiger partial charge in [0.15, 0.2) is 5.41 Å². The number of hydrogen-bond donors (Lipinski definition) is 1. The second-order valence-corrected chi connectivity index (χ2v) is 3.63. The van der Waals surface area contributed by atoms with Crippen LogP contribution in [-0.4, -0.2) is 17.0 Å². The Bertz CT molecular complexity index is 367. The summed E-state index contributed by atoms with van der Waals surface area (Å²) in [6.45, 7) is 2.61. The molecule has 0 bridgehead atoms. The topological polar surface area (TPSA) is 63.6 Å². The maximum atomic E-state index is 11.5. The summed E-state index contributed by atoms with van der Waals surface area (Å²) < 4.78 is 4.92. The third kappa shape index (κ3) is 2.56. The van der Waals surface area contributed by atoms with E-state index in [2.05, 4.69) is 0 Å². The Kier molecular flexibility index (Phi) is 3.09. The standard InChI is InChI=1S/C11H12O4/c1-11(2,9(12)13)10(14)15-8-6-4-3-5-7-8/h3-7H,1-2H3,(H,12,13). The first kappa shape index (κ1) is 11.2. The van der Waals surface area contributed by atoms with Crippen molar-refractivity contribution in [2.24, 2.45) is 5.41 Å². The van der Waals surface area contributed by atoms with E-state index in [9.17, 15) is 9.59 Å². The normalized spacial score (nSPS) is 10.8. The van der Waals surface area contributed by atoms with Crippen LogP contribution in [0.1, 0.15) is 13.8 Å². The van der Waals surface area contributed by atoms with Crippen molar-refractivity contribution < 1.29 is 19.4 Å². The first-order valence-corrected chi connectivity index (χ1v) is 4.45. The second-order valence-electron chi connectivity index (χ2n) is 3.63. The van der Waals surface area contributed by atoms with Crippen LogP contribution in [0.25, 0.3) is 0 Å². The number of carboxylic acid groups (broad SMARTS) is 1. The van der Waals surface area contributed by atoms with Crippen LogP contribution >= 0.6 is 0 Å². The molecule has 0 aliphatic carbocycles. The van der Waals surface area contributed by atoms with E-state index in [-0.39, 0.29) is 0 Å². The zero-order valence-electron chi connectivity index (χ0n) is 8.56. The van der Waals surface area contributed by atoms with E-state index < -0.39 is 17.4 Å². The highest BCUT2D eigenvalue weighted by molar-refractivity contribution is 5.98. The number of carbonyl (C=O) groups excluding carboxylic acids is 1. The molecular formula is C11H12O4. The lowest BCUT2D eigenvalue weighted by molar-refractivity contribution is -0.160. The van der Waals surface area contributed by atoms with Crippen molar-refractivity contribution in [3.63, 3.8) is 0 Å². The molecule has 0 atom stereocenters. The van der Waals surface area contributed by atoms with Gasteiger partial charge in [-0.2, -0.15) is 0 Å². The molecule has 0 aromatic heterocycles. The molecule has 1 N–H and O–H groups in total. The van der Waals surface area contributed by atoms with Gasteiger partial charge < -0.3 is 9.84 Å². The average Bonchev–Trinajstić information content (AvgIpc) is 2.18. The highest BCUT2D eigenvalue weighted by atomic mass is 16.5. The Morgan fingerprint density at radius 1 is 1.20 bits per heavy atom. The van der Waals surface area contributed by atoms with E-state index in [1.807, 2.05) is 0 Å². The molecule has 0 saturated heterocycles. The molecule has 1 rings (SSSR count). The summed E-state index contributed by atoms with van der Waals surface area (Å²) in [4.78, 5) is 22.2. The number of benzene rings is 1. The molecule has 1 aromatic carbocycles. The lowest BCUT2D eigenvalue weighted by Crippen LogP contribution is -2.36. The fraction of sp³-hybridized carbons (Fsp3) is 0.273. The van der Waals surface area contributed by atoms with Gasteiger partial charge in [0, 0.05) is 0 Å². The van der Waals surface area contributed by atoms with E-state index >= 15 is 0 Å². The Morgan fingerprint density at radius 3 is 2.20 bits per heavy atom. The van der Waals surface area contributed by atoms with Crippen molar-refractivity contribution in [2.45, 2.75) is 13.8 Å². The van der Waals surface area contributed by atoms with Gasteiger partial charge in [-0.1, -0.05) is 18.2 Å². The van der Waals surface area contributed by atoms with Crippen molar-refractivity contribution in [1.29, 1.82) is 0 Å². The Morgan fingerprint density at radius 2 is 1.73 bits per heavy atom. The molecule has 15 heavy (non-hydrogen) atoms. The first-order chi connectivity index (χ1) is 6.94. The molecule has 0 heterocycles. The van der Waals surface area contributed by atoms with Crippen molar-refractivity contribution in [2.75, 3.05) is 0 Å². The molecule has 0 unspecified atom stereocenters. The molecule has 1 aromatic rings. The van der Waals surface area contributed by atoms with Crippen LogP contribution in [0, 0.1) is 5.41 Å². The van der Waals surface area contributed by atoms with E-state index in [1.54, 1.807) is 30.3 Å². The molecule has 0 radical (unpaired) electrons. The highest BCUT2D eigenvalue weighted by Gasteiger charge is 2.38. The van der Waals surface area contributed by atoms with Crippen LogP contribution in [0.3, 0.4) is 0 Å². The molecule has 0 spiro atoms. The van der Waals surface area contributed by atoms with Crippen LogP contribution < -0.4 is 4.74 Å². The quantitative estimate of drug-likeness (QED) is 0.466. The second kappa shape index (κ2) is 4.13. The smallest absolute Gasteiger partial charge is 0.328 e. The van der Waals surface area contributed by atoms with Gasteiger partial charge in [-0.15, -0.1) is 0 Å².